The molecule has 0 aromatic carbocycles. The third-order valence-corrected chi connectivity index (χ3v) is 3.93. The van der Waals surface area contributed by atoms with Crippen LogP contribution in [0.4, 0.5) is 0 Å². The zero-order chi connectivity index (χ0) is 16.9. The fourth-order valence-corrected chi connectivity index (χ4v) is 2.49. The SMILES string of the molecule is CN=C(NCC1CN(C)CCO1)NCC(C)(O)c1ccc(C)o1.I. The predicted molar refractivity (Wildman–Crippen MR) is 105 cm³/mol. The second-order valence-electron chi connectivity index (χ2n) is 6.25. The van der Waals surface area contributed by atoms with Crippen LogP contribution in [-0.2, 0) is 10.3 Å². The quantitative estimate of drug-likeness (QED) is 0.350. The van der Waals surface area contributed by atoms with Gasteiger partial charge < -0.3 is 29.8 Å². The Labute approximate surface area is 160 Å². The molecule has 2 rings (SSSR count). The van der Waals surface area contributed by atoms with Gasteiger partial charge in [-0.1, -0.05) is 0 Å². The summed E-state index contributed by atoms with van der Waals surface area (Å²) >= 11 is 0. The number of likely N-dealkylation sites (N-methyl/N-ethyl adjacent to an activating group) is 1. The zero-order valence-electron chi connectivity index (χ0n) is 14.8. The number of halogens is 1. The fraction of sp³-hybridized carbons (Fsp3) is 0.688. The number of hydrogen-bond donors (Lipinski definition) is 3. The monoisotopic (exact) mass is 452 g/mol. The van der Waals surface area contributed by atoms with E-state index in [4.69, 9.17) is 9.15 Å². The molecule has 1 fully saturated rings. The van der Waals surface area contributed by atoms with Crippen molar-refractivity contribution in [2.24, 2.45) is 4.99 Å². The van der Waals surface area contributed by atoms with E-state index < -0.39 is 5.60 Å². The van der Waals surface area contributed by atoms with Gasteiger partial charge in [-0.25, -0.2) is 0 Å². The molecule has 8 heteroatoms. The Kier molecular flexibility index (Phi) is 8.48. The highest BCUT2D eigenvalue weighted by Gasteiger charge is 2.27. The van der Waals surface area contributed by atoms with Gasteiger partial charge in [-0.3, -0.25) is 4.99 Å². The van der Waals surface area contributed by atoms with E-state index in [-0.39, 0.29) is 30.1 Å². The summed E-state index contributed by atoms with van der Waals surface area (Å²) in [5.74, 6) is 1.95. The highest BCUT2D eigenvalue weighted by Crippen LogP contribution is 2.21. The maximum Gasteiger partial charge on any atom is 0.191 e. The smallest absolute Gasteiger partial charge is 0.191 e. The van der Waals surface area contributed by atoms with Crippen molar-refractivity contribution in [3.05, 3.63) is 23.7 Å². The normalized spacial score (nSPS) is 21.7. The molecule has 0 radical (unpaired) electrons. The number of aryl methyl sites for hydroxylation is 1. The van der Waals surface area contributed by atoms with Crippen molar-refractivity contribution in [3.63, 3.8) is 0 Å². The summed E-state index contributed by atoms with van der Waals surface area (Å²) in [5, 5.41) is 16.9. The molecule has 3 N–H and O–H groups in total. The predicted octanol–water partition coefficient (Wildman–Crippen LogP) is 0.909. The van der Waals surface area contributed by atoms with Crippen LogP contribution in [0.25, 0.3) is 0 Å². The Bertz CT molecular complexity index is 533. The number of guanidine groups is 1. The molecular weight excluding hydrogens is 423 g/mol. The number of aliphatic hydroxyl groups is 1. The summed E-state index contributed by atoms with van der Waals surface area (Å²) < 4.78 is 11.2. The molecule has 1 aliphatic rings. The Morgan fingerprint density at radius 3 is 2.79 bits per heavy atom. The molecule has 0 saturated carbocycles. The third kappa shape index (κ3) is 6.23. The standard InChI is InChI=1S/C16H28N4O3.HI/c1-12-5-6-14(23-12)16(2,21)11-19-15(17-3)18-9-13-10-20(4)7-8-22-13;/h5-6,13,21H,7-11H2,1-4H3,(H2,17,18,19);1H. The van der Waals surface area contributed by atoms with E-state index >= 15 is 0 Å². The van der Waals surface area contributed by atoms with Gasteiger partial charge in [0, 0.05) is 26.7 Å². The lowest BCUT2D eigenvalue weighted by molar-refractivity contribution is -0.0161. The maximum atomic E-state index is 10.5. The molecule has 0 amide bonds. The number of hydrogen-bond acceptors (Lipinski definition) is 5. The number of aliphatic imine (C=N–C) groups is 1. The van der Waals surface area contributed by atoms with Crippen LogP contribution in [0.2, 0.25) is 0 Å². The molecule has 7 nitrogen and oxygen atoms in total. The number of rotatable bonds is 5. The largest absolute Gasteiger partial charge is 0.463 e. The van der Waals surface area contributed by atoms with Gasteiger partial charge in [0.25, 0.3) is 0 Å². The van der Waals surface area contributed by atoms with Gasteiger partial charge in [0.05, 0.1) is 19.3 Å². The van der Waals surface area contributed by atoms with Gasteiger partial charge in [0.2, 0.25) is 0 Å². The van der Waals surface area contributed by atoms with Crippen LogP contribution < -0.4 is 10.6 Å². The molecule has 0 bridgehead atoms. The summed E-state index contributed by atoms with van der Waals surface area (Å²) in [6, 6.07) is 3.63. The van der Waals surface area contributed by atoms with E-state index in [9.17, 15) is 5.11 Å². The van der Waals surface area contributed by atoms with Crippen molar-refractivity contribution < 1.29 is 14.3 Å². The molecule has 2 heterocycles. The van der Waals surface area contributed by atoms with Crippen molar-refractivity contribution in [3.8, 4) is 0 Å². The summed E-state index contributed by atoms with van der Waals surface area (Å²) in [5.41, 5.74) is -1.10. The van der Waals surface area contributed by atoms with Crippen LogP contribution in [0, 0.1) is 6.92 Å². The van der Waals surface area contributed by atoms with Crippen molar-refractivity contribution in [1.29, 1.82) is 0 Å². The number of morpholine rings is 1. The second-order valence-corrected chi connectivity index (χ2v) is 6.25. The van der Waals surface area contributed by atoms with Crippen LogP contribution >= 0.6 is 24.0 Å². The Morgan fingerprint density at radius 2 is 2.21 bits per heavy atom. The molecule has 24 heavy (non-hydrogen) atoms. The lowest BCUT2D eigenvalue weighted by Gasteiger charge is -2.30. The maximum absolute atomic E-state index is 10.5. The second kappa shape index (κ2) is 9.59. The van der Waals surface area contributed by atoms with Gasteiger partial charge >= 0.3 is 0 Å². The molecule has 1 aromatic heterocycles. The summed E-state index contributed by atoms with van der Waals surface area (Å²) in [7, 11) is 3.79. The van der Waals surface area contributed by atoms with Crippen molar-refractivity contribution in [2.75, 3.05) is 46.9 Å². The summed E-state index contributed by atoms with van der Waals surface area (Å²) in [4.78, 5) is 6.42. The first-order valence-corrected chi connectivity index (χ1v) is 7.94. The van der Waals surface area contributed by atoms with E-state index in [0.29, 0.717) is 24.8 Å². The van der Waals surface area contributed by atoms with Crippen LogP contribution in [-0.4, -0.2) is 69.0 Å². The van der Waals surface area contributed by atoms with E-state index in [2.05, 4.69) is 27.6 Å². The average molecular weight is 452 g/mol. The minimum Gasteiger partial charge on any atom is -0.463 e. The molecule has 138 valence electrons. The third-order valence-electron chi connectivity index (χ3n) is 3.93. The van der Waals surface area contributed by atoms with E-state index in [0.717, 1.165) is 25.5 Å². The Balaban J connectivity index is 0.00000288. The lowest BCUT2D eigenvalue weighted by atomic mass is 10.0. The average Bonchev–Trinajstić information content (AvgIpc) is 2.95. The molecule has 1 aliphatic heterocycles. The molecule has 0 aliphatic carbocycles. The fourth-order valence-electron chi connectivity index (χ4n) is 2.49. The highest BCUT2D eigenvalue weighted by atomic mass is 127. The lowest BCUT2D eigenvalue weighted by Crippen LogP contribution is -2.50. The van der Waals surface area contributed by atoms with Crippen LogP contribution in [0.15, 0.2) is 21.5 Å². The number of nitrogens with zero attached hydrogens (tertiary/aromatic N) is 2. The number of nitrogens with one attached hydrogen (secondary N) is 2. The Hall–Kier alpha value is -0.840. The number of furan rings is 1. The van der Waals surface area contributed by atoms with Crippen LogP contribution in [0.5, 0.6) is 0 Å². The minimum absolute atomic E-state index is 0. The molecular formula is C16H29IN4O3. The molecule has 0 spiro atoms. The number of ether oxygens (including phenoxy) is 1. The van der Waals surface area contributed by atoms with Gasteiger partial charge in [-0.15, -0.1) is 24.0 Å². The summed E-state index contributed by atoms with van der Waals surface area (Å²) in [6.45, 7) is 7.15. The molecule has 1 saturated heterocycles. The van der Waals surface area contributed by atoms with Crippen LogP contribution in [0.1, 0.15) is 18.4 Å². The van der Waals surface area contributed by atoms with Crippen LogP contribution in [0.3, 0.4) is 0 Å². The molecule has 2 atom stereocenters. The van der Waals surface area contributed by atoms with Gasteiger partial charge in [0.15, 0.2) is 5.96 Å². The summed E-state index contributed by atoms with van der Waals surface area (Å²) in [6.07, 6.45) is 0.139. The minimum atomic E-state index is -1.10. The molecule has 1 aromatic rings. The van der Waals surface area contributed by atoms with Gasteiger partial charge in [-0.2, -0.15) is 0 Å². The Morgan fingerprint density at radius 1 is 1.46 bits per heavy atom. The van der Waals surface area contributed by atoms with Crippen molar-refractivity contribution in [1.82, 2.24) is 15.5 Å². The van der Waals surface area contributed by atoms with Crippen molar-refractivity contribution in [2.45, 2.75) is 25.6 Å². The van der Waals surface area contributed by atoms with Gasteiger partial charge in [-0.05, 0) is 33.0 Å². The van der Waals surface area contributed by atoms with Crippen molar-refractivity contribution >= 4 is 29.9 Å². The first-order valence-electron chi connectivity index (χ1n) is 7.94. The van der Waals surface area contributed by atoms with E-state index in [1.165, 1.54) is 0 Å². The van der Waals surface area contributed by atoms with E-state index in [1.807, 2.05) is 13.0 Å². The topological polar surface area (TPSA) is 82.3 Å². The van der Waals surface area contributed by atoms with Gasteiger partial charge in [0.1, 0.15) is 17.1 Å². The highest BCUT2D eigenvalue weighted by molar-refractivity contribution is 14.0. The first-order chi connectivity index (χ1) is 10.9. The van der Waals surface area contributed by atoms with E-state index in [1.54, 1.807) is 20.0 Å². The molecule has 2 unspecified atom stereocenters. The zero-order valence-corrected chi connectivity index (χ0v) is 17.2. The first kappa shape index (κ1) is 21.2.